The summed E-state index contributed by atoms with van der Waals surface area (Å²) < 4.78 is 16.9. The van der Waals surface area contributed by atoms with Crippen molar-refractivity contribution in [3.63, 3.8) is 0 Å². The highest BCUT2D eigenvalue weighted by Gasteiger charge is 2.44. The van der Waals surface area contributed by atoms with Crippen LogP contribution in [0.25, 0.3) is 5.57 Å². The summed E-state index contributed by atoms with van der Waals surface area (Å²) in [6.45, 7) is 4.26. The van der Waals surface area contributed by atoms with Crippen LogP contribution in [-0.4, -0.2) is 56.5 Å². The van der Waals surface area contributed by atoms with Crippen LogP contribution in [0.5, 0.6) is 11.5 Å². The van der Waals surface area contributed by atoms with E-state index in [9.17, 15) is 4.79 Å². The van der Waals surface area contributed by atoms with Crippen molar-refractivity contribution in [2.75, 3.05) is 39.5 Å². The first-order chi connectivity index (χ1) is 14.2. The molecule has 3 heterocycles. The molecule has 29 heavy (non-hydrogen) atoms. The number of amides is 2. The molecule has 1 saturated heterocycles. The number of carbonyl (C=O) groups excluding carboxylic acids is 1. The summed E-state index contributed by atoms with van der Waals surface area (Å²) >= 11 is 0. The minimum atomic E-state index is 0.0836. The van der Waals surface area contributed by atoms with Crippen molar-refractivity contribution in [1.29, 1.82) is 0 Å². The van der Waals surface area contributed by atoms with Crippen molar-refractivity contribution in [2.24, 2.45) is 5.41 Å². The molecule has 1 N–H and O–H groups in total. The van der Waals surface area contributed by atoms with Crippen molar-refractivity contribution in [2.45, 2.75) is 44.6 Å². The van der Waals surface area contributed by atoms with Gasteiger partial charge < -0.3 is 24.4 Å². The molecule has 1 aliphatic carbocycles. The Kier molecular flexibility index (Phi) is 5.12. The summed E-state index contributed by atoms with van der Waals surface area (Å²) in [5.74, 6) is 1.63. The van der Waals surface area contributed by atoms with E-state index in [0.29, 0.717) is 25.8 Å². The molecule has 1 unspecified atom stereocenters. The second kappa shape index (κ2) is 7.90. The van der Waals surface area contributed by atoms with E-state index in [4.69, 9.17) is 14.2 Å². The highest BCUT2D eigenvalue weighted by molar-refractivity contribution is 5.77. The number of benzene rings is 1. The van der Waals surface area contributed by atoms with Crippen LogP contribution in [0.2, 0.25) is 0 Å². The number of urea groups is 1. The van der Waals surface area contributed by atoms with Gasteiger partial charge in [-0.2, -0.15) is 0 Å². The van der Waals surface area contributed by atoms with Crippen LogP contribution >= 0.6 is 0 Å². The molecule has 2 fully saturated rings. The Morgan fingerprint density at radius 1 is 1.07 bits per heavy atom. The quantitative estimate of drug-likeness (QED) is 0.827. The molecule has 5 rings (SSSR count). The minimum absolute atomic E-state index is 0.0836. The van der Waals surface area contributed by atoms with E-state index >= 15 is 0 Å². The van der Waals surface area contributed by atoms with E-state index in [-0.39, 0.29) is 11.4 Å². The monoisotopic (exact) mass is 398 g/mol. The number of hydrogen-bond donors (Lipinski definition) is 1. The van der Waals surface area contributed by atoms with Gasteiger partial charge in [-0.25, -0.2) is 4.79 Å². The predicted molar refractivity (Wildman–Crippen MR) is 110 cm³/mol. The predicted octanol–water partition coefficient (Wildman–Crippen LogP) is 3.61. The van der Waals surface area contributed by atoms with Crippen LogP contribution in [0.15, 0.2) is 24.3 Å². The third-order valence-electron chi connectivity index (χ3n) is 7.10. The first-order valence-corrected chi connectivity index (χ1v) is 11.0. The second-order valence-electron chi connectivity index (χ2n) is 8.65. The number of fused-ring (bicyclic) bond motifs is 1. The standard InChI is InChI=1S/C23H30N2O4/c26-22(24-21-2-1-7-23(21)8-12-27-13-9-23)25-10-5-17(6-11-25)18-3-4-19-20(16-18)29-15-14-28-19/h3-5,16,21H,1-2,6-15H2,(H,24,26). The zero-order chi connectivity index (χ0) is 19.7. The Labute approximate surface area is 172 Å². The molecule has 3 aliphatic heterocycles. The second-order valence-corrected chi connectivity index (χ2v) is 8.65. The molecular formula is C23H30N2O4. The summed E-state index contributed by atoms with van der Waals surface area (Å²) in [6.07, 6.45) is 8.70. The average Bonchev–Trinajstić information content (AvgIpc) is 3.15. The maximum absolute atomic E-state index is 12.9. The Morgan fingerprint density at radius 3 is 2.69 bits per heavy atom. The van der Waals surface area contributed by atoms with Crippen molar-refractivity contribution in [3.05, 3.63) is 29.8 Å². The molecule has 1 spiro atoms. The fourth-order valence-electron chi connectivity index (χ4n) is 5.34. The van der Waals surface area contributed by atoms with E-state index < -0.39 is 0 Å². The molecule has 1 atom stereocenters. The number of ether oxygens (including phenoxy) is 3. The number of hydrogen-bond acceptors (Lipinski definition) is 4. The summed E-state index contributed by atoms with van der Waals surface area (Å²) in [5, 5.41) is 3.37. The molecule has 1 saturated carbocycles. The van der Waals surface area contributed by atoms with Gasteiger partial charge in [0.1, 0.15) is 13.2 Å². The van der Waals surface area contributed by atoms with E-state index in [1.54, 1.807) is 0 Å². The topological polar surface area (TPSA) is 60.0 Å². The van der Waals surface area contributed by atoms with Crippen LogP contribution < -0.4 is 14.8 Å². The molecule has 0 radical (unpaired) electrons. The zero-order valence-electron chi connectivity index (χ0n) is 17.0. The van der Waals surface area contributed by atoms with E-state index in [0.717, 1.165) is 62.5 Å². The van der Waals surface area contributed by atoms with Gasteiger partial charge in [0.05, 0.1) is 0 Å². The lowest BCUT2D eigenvalue weighted by Gasteiger charge is -2.40. The molecule has 1 aromatic carbocycles. The fraction of sp³-hybridized carbons (Fsp3) is 0.609. The number of carbonyl (C=O) groups is 1. The van der Waals surface area contributed by atoms with Gasteiger partial charge in [-0.05, 0) is 60.8 Å². The number of nitrogens with one attached hydrogen (secondary N) is 1. The first kappa shape index (κ1) is 18.8. The summed E-state index contributed by atoms with van der Waals surface area (Å²) in [4.78, 5) is 14.9. The van der Waals surface area contributed by atoms with Gasteiger partial charge in [-0.3, -0.25) is 0 Å². The third-order valence-corrected chi connectivity index (χ3v) is 7.10. The van der Waals surface area contributed by atoms with Crippen molar-refractivity contribution < 1.29 is 19.0 Å². The molecule has 6 nitrogen and oxygen atoms in total. The van der Waals surface area contributed by atoms with Gasteiger partial charge >= 0.3 is 6.03 Å². The van der Waals surface area contributed by atoms with Gasteiger partial charge in [0, 0.05) is 32.3 Å². The molecule has 0 aromatic heterocycles. The normalized spacial score (nSPS) is 25.6. The van der Waals surface area contributed by atoms with Crippen molar-refractivity contribution in [3.8, 4) is 11.5 Å². The van der Waals surface area contributed by atoms with Gasteiger partial charge in [0.15, 0.2) is 11.5 Å². The summed E-state index contributed by atoms with van der Waals surface area (Å²) in [5.41, 5.74) is 2.69. The molecular weight excluding hydrogens is 368 g/mol. The van der Waals surface area contributed by atoms with Gasteiger partial charge in [0.2, 0.25) is 0 Å². The highest BCUT2D eigenvalue weighted by atomic mass is 16.6. The Morgan fingerprint density at radius 2 is 1.90 bits per heavy atom. The molecule has 0 bridgehead atoms. The Hall–Kier alpha value is -2.21. The summed E-state index contributed by atoms with van der Waals surface area (Å²) in [6, 6.07) is 6.51. The zero-order valence-corrected chi connectivity index (χ0v) is 17.0. The summed E-state index contributed by atoms with van der Waals surface area (Å²) in [7, 11) is 0. The van der Waals surface area contributed by atoms with E-state index in [1.165, 1.54) is 18.4 Å². The van der Waals surface area contributed by atoms with Crippen molar-refractivity contribution in [1.82, 2.24) is 10.2 Å². The first-order valence-electron chi connectivity index (χ1n) is 11.0. The van der Waals surface area contributed by atoms with Crippen LogP contribution in [0.4, 0.5) is 4.79 Å². The lowest BCUT2D eigenvalue weighted by molar-refractivity contribution is 0.00551. The molecule has 6 heteroatoms. The molecule has 156 valence electrons. The van der Waals surface area contributed by atoms with Crippen LogP contribution in [0.3, 0.4) is 0 Å². The Bertz CT molecular complexity index is 800. The lowest BCUT2D eigenvalue weighted by atomic mass is 9.75. The number of rotatable bonds is 2. The maximum Gasteiger partial charge on any atom is 0.317 e. The Balaban J connectivity index is 1.22. The minimum Gasteiger partial charge on any atom is -0.486 e. The average molecular weight is 399 g/mol. The van der Waals surface area contributed by atoms with E-state index in [1.807, 2.05) is 11.0 Å². The molecule has 2 amide bonds. The van der Waals surface area contributed by atoms with Crippen LogP contribution in [0, 0.1) is 5.41 Å². The van der Waals surface area contributed by atoms with Gasteiger partial charge in [0.25, 0.3) is 0 Å². The number of nitrogens with zero attached hydrogens (tertiary/aromatic N) is 1. The molecule has 1 aromatic rings. The molecule has 4 aliphatic rings. The largest absolute Gasteiger partial charge is 0.486 e. The third kappa shape index (κ3) is 3.70. The van der Waals surface area contributed by atoms with Gasteiger partial charge in [-0.15, -0.1) is 0 Å². The van der Waals surface area contributed by atoms with Crippen molar-refractivity contribution >= 4 is 11.6 Å². The highest BCUT2D eigenvalue weighted by Crippen LogP contribution is 2.46. The lowest BCUT2D eigenvalue weighted by Crippen LogP contribution is -2.52. The SMILES string of the molecule is O=C(NC1CCCC12CCOCC2)N1CC=C(c2ccc3c(c2)OCCO3)CC1. The smallest absolute Gasteiger partial charge is 0.317 e. The van der Waals surface area contributed by atoms with Crippen LogP contribution in [0.1, 0.15) is 44.1 Å². The van der Waals surface area contributed by atoms with E-state index in [2.05, 4.69) is 23.5 Å². The van der Waals surface area contributed by atoms with Crippen LogP contribution in [-0.2, 0) is 4.74 Å². The fourth-order valence-corrected chi connectivity index (χ4v) is 5.34. The van der Waals surface area contributed by atoms with Gasteiger partial charge in [-0.1, -0.05) is 18.6 Å². The maximum atomic E-state index is 12.9.